The normalized spacial score (nSPS) is 12.2. The van der Waals surface area contributed by atoms with E-state index < -0.39 is 21.8 Å². The maximum absolute atomic E-state index is 12.9. The summed E-state index contributed by atoms with van der Waals surface area (Å²) in [6, 6.07) is 7.03. The summed E-state index contributed by atoms with van der Waals surface area (Å²) in [6.45, 7) is 0.274. The summed E-state index contributed by atoms with van der Waals surface area (Å²) in [4.78, 5) is 4.13. The zero-order chi connectivity index (χ0) is 20.2. The van der Waals surface area contributed by atoms with Crippen molar-refractivity contribution in [1.29, 1.82) is 0 Å². The molecule has 0 aliphatic rings. The molecule has 0 amide bonds. The highest BCUT2D eigenvalue weighted by atomic mass is 32.2. The van der Waals surface area contributed by atoms with Crippen LogP contribution in [0.3, 0.4) is 0 Å². The molecule has 0 bridgehead atoms. The van der Waals surface area contributed by atoms with E-state index in [-0.39, 0.29) is 16.4 Å². The van der Waals surface area contributed by atoms with Gasteiger partial charge in [-0.15, -0.1) is 22.7 Å². The fourth-order valence-electron chi connectivity index (χ4n) is 2.17. The predicted molar refractivity (Wildman–Crippen MR) is 106 cm³/mol. The van der Waals surface area contributed by atoms with Gasteiger partial charge < -0.3 is 0 Å². The first-order chi connectivity index (χ1) is 13.3. The number of hydrazine groups is 1. The predicted octanol–water partition coefficient (Wildman–Crippen LogP) is 4.72. The molecule has 0 saturated carbocycles. The van der Waals surface area contributed by atoms with Crippen molar-refractivity contribution in [1.82, 2.24) is 10.4 Å². The summed E-state index contributed by atoms with van der Waals surface area (Å²) >= 11 is 3.96. The molecular weight excluding hydrogens is 451 g/mol. The average Bonchev–Trinajstić information content (AvgIpc) is 3.35. The van der Waals surface area contributed by atoms with Gasteiger partial charge >= 0.3 is 6.18 Å². The first kappa shape index (κ1) is 21.1. The quantitative estimate of drug-likeness (QED) is 0.296. The molecule has 150 valence electrons. The molecule has 0 aliphatic heterocycles. The minimum atomic E-state index is -4.49. The number of hydrogen-bond donors (Lipinski definition) is 1. The Kier molecular flexibility index (Phi) is 6.65. The van der Waals surface area contributed by atoms with Gasteiger partial charge in [-0.05, 0) is 35.7 Å². The molecule has 0 fully saturated rings. The molecule has 0 radical (unpaired) electrons. The Morgan fingerprint density at radius 3 is 2.43 bits per heavy atom. The molecule has 5 nitrogen and oxygen atoms in total. The van der Waals surface area contributed by atoms with E-state index in [9.17, 15) is 21.6 Å². The van der Waals surface area contributed by atoms with Crippen molar-refractivity contribution in [3.8, 4) is 0 Å². The Bertz CT molecular complexity index is 973. The van der Waals surface area contributed by atoms with Gasteiger partial charge in [-0.1, -0.05) is 17.8 Å². The van der Waals surface area contributed by atoms with Gasteiger partial charge in [-0.2, -0.15) is 26.0 Å². The van der Waals surface area contributed by atoms with Crippen LogP contribution >= 0.6 is 34.4 Å². The standard InChI is InChI=1S/C16H14F3N3O2S4/c17-16(18,19)12-3-5-13(6-4-12)22(28(23,24)14-2-1-9-25-14)21-8-11-27-15-20-7-10-26-15/h1-7,9-10,21H,8,11H2. The molecule has 1 N–H and O–H groups in total. The number of hydrogen-bond acceptors (Lipinski definition) is 7. The number of nitrogens with zero attached hydrogens (tertiary/aromatic N) is 2. The lowest BCUT2D eigenvalue weighted by Crippen LogP contribution is -2.43. The SMILES string of the molecule is O=S(=O)(c1cccs1)N(NCCSc1nccs1)c1ccc(C(F)(F)F)cc1. The lowest BCUT2D eigenvalue weighted by molar-refractivity contribution is -0.137. The number of anilines is 1. The summed E-state index contributed by atoms with van der Waals surface area (Å²) in [5.74, 6) is 0.532. The van der Waals surface area contributed by atoms with Gasteiger partial charge in [0.15, 0.2) is 0 Å². The van der Waals surface area contributed by atoms with Crippen molar-refractivity contribution in [3.05, 3.63) is 58.9 Å². The van der Waals surface area contributed by atoms with E-state index in [1.165, 1.54) is 29.2 Å². The second-order valence-corrected chi connectivity index (χ2v) is 10.5. The van der Waals surface area contributed by atoms with E-state index >= 15 is 0 Å². The van der Waals surface area contributed by atoms with Gasteiger partial charge in [0, 0.05) is 23.9 Å². The molecule has 2 heterocycles. The van der Waals surface area contributed by atoms with Crippen LogP contribution in [0.2, 0.25) is 0 Å². The van der Waals surface area contributed by atoms with Gasteiger partial charge in [0.25, 0.3) is 10.0 Å². The minimum Gasteiger partial charge on any atom is -0.238 e. The molecule has 2 aromatic heterocycles. The van der Waals surface area contributed by atoms with E-state index in [1.54, 1.807) is 17.6 Å². The van der Waals surface area contributed by atoms with Crippen LogP contribution in [0.1, 0.15) is 5.56 Å². The molecule has 1 aromatic carbocycles. The van der Waals surface area contributed by atoms with E-state index in [2.05, 4.69) is 10.4 Å². The van der Waals surface area contributed by atoms with Gasteiger partial charge in [-0.3, -0.25) is 0 Å². The second-order valence-electron chi connectivity index (χ2n) is 5.30. The number of rotatable bonds is 8. The van der Waals surface area contributed by atoms with Crippen molar-refractivity contribution >= 4 is 50.1 Å². The third-order valence-electron chi connectivity index (χ3n) is 3.41. The first-order valence-electron chi connectivity index (χ1n) is 7.80. The van der Waals surface area contributed by atoms with Crippen LogP contribution in [0.15, 0.2) is 61.9 Å². The van der Waals surface area contributed by atoms with Crippen LogP contribution in [-0.2, 0) is 16.2 Å². The Labute approximate surface area is 172 Å². The van der Waals surface area contributed by atoms with Crippen LogP contribution in [0, 0.1) is 0 Å². The van der Waals surface area contributed by atoms with Crippen molar-refractivity contribution < 1.29 is 21.6 Å². The maximum Gasteiger partial charge on any atom is 0.416 e. The van der Waals surface area contributed by atoms with Crippen molar-refractivity contribution in [2.24, 2.45) is 0 Å². The molecule has 0 atom stereocenters. The number of thioether (sulfide) groups is 1. The fraction of sp³-hybridized carbons (Fsp3) is 0.188. The molecule has 12 heteroatoms. The number of sulfonamides is 1. The number of nitrogens with one attached hydrogen (secondary N) is 1. The van der Waals surface area contributed by atoms with Crippen LogP contribution in [0.5, 0.6) is 0 Å². The third-order valence-corrected chi connectivity index (χ3v) is 8.43. The van der Waals surface area contributed by atoms with E-state index in [1.807, 2.05) is 5.38 Å². The van der Waals surface area contributed by atoms with Crippen molar-refractivity contribution in [2.75, 3.05) is 16.7 Å². The highest BCUT2D eigenvalue weighted by Crippen LogP contribution is 2.32. The van der Waals surface area contributed by atoms with Gasteiger partial charge in [0.05, 0.1) is 11.3 Å². The monoisotopic (exact) mass is 465 g/mol. The molecule has 0 aliphatic carbocycles. The second kappa shape index (κ2) is 8.82. The number of thiazole rings is 1. The average molecular weight is 466 g/mol. The zero-order valence-corrected chi connectivity index (χ0v) is 17.4. The van der Waals surface area contributed by atoms with E-state index in [4.69, 9.17) is 0 Å². The van der Waals surface area contributed by atoms with Crippen molar-refractivity contribution in [2.45, 2.75) is 14.7 Å². The zero-order valence-electron chi connectivity index (χ0n) is 14.1. The smallest absolute Gasteiger partial charge is 0.238 e. The lowest BCUT2D eigenvalue weighted by Gasteiger charge is -2.24. The number of thiophene rings is 1. The molecule has 0 unspecified atom stereocenters. The molecule has 28 heavy (non-hydrogen) atoms. The van der Waals surface area contributed by atoms with Gasteiger partial charge in [-0.25, -0.2) is 10.4 Å². The Morgan fingerprint density at radius 2 is 1.86 bits per heavy atom. The molecular formula is C16H14F3N3O2S4. The summed E-state index contributed by atoms with van der Waals surface area (Å²) in [5.41, 5.74) is 2.07. The Hall–Kier alpha value is -1.60. The fourth-order valence-corrected chi connectivity index (χ4v) is 6.14. The molecule has 0 saturated heterocycles. The summed E-state index contributed by atoms with van der Waals surface area (Å²) in [7, 11) is -3.96. The topological polar surface area (TPSA) is 62.3 Å². The molecule has 3 aromatic rings. The van der Waals surface area contributed by atoms with E-state index in [0.717, 1.165) is 44.4 Å². The summed E-state index contributed by atoms with van der Waals surface area (Å²) in [5, 5.41) is 3.46. The maximum atomic E-state index is 12.9. The number of halogens is 3. The van der Waals surface area contributed by atoms with Crippen LogP contribution < -0.4 is 9.84 Å². The number of aromatic nitrogens is 1. The highest BCUT2D eigenvalue weighted by molar-refractivity contribution is 8.01. The summed E-state index contributed by atoms with van der Waals surface area (Å²) in [6.07, 6.45) is -2.82. The largest absolute Gasteiger partial charge is 0.416 e. The Balaban J connectivity index is 1.80. The Morgan fingerprint density at radius 1 is 1.11 bits per heavy atom. The lowest BCUT2D eigenvalue weighted by atomic mass is 10.2. The van der Waals surface area contributed by atoms with Gasteiger partial charge in [0.2, 0.25) is 0 Å². The van der Waals surface area contributed by atoms with Gasteiger partial charge in [0.1, 0.15) is 8.55 Å². The molecule has 0 spiro atoms. The van der Waals surface area contributed by atoms with Crippen LogP contribution in [0.4, 0.5) is 18.9 Å². The number of alkyl halides is 3. The first-order valence-corrected chi connectivity index (χ1v) is 12.0. The molecule has 3 rings (SSSR count). The summed E-state index contributed by atoms with van der Waals surface area (Å²) < 4.78 is 66.1. The van der Waals surface area contributed by atoms with Crippen molar-refractivity contribution in [3.63, 3.8) is 0 Å². The minimum absolute atomic E-state index is 0.0903. The van der Waals surface area contributed by atoms with E-state index in [0.29, 0.717) is 5.75 Å². The highest BCUT2D eigenvalue weighted by Gasteiger charge is 2.31. The number of benzene rings is 1. The third kappa shape index (κ3) is 5.06. The van der Waals surface area contributed by atoms with Crippen LogP contribution in [-0.4, -0.2) is 25.7 Å². The van der Waals surface area contributed by atoms with Crippen LogP contribution in [0.25, 0.3) is 0 Å².